The number of esters is 1. The molecule has 1 saturated carbocycles. The molecule has 1 aromatic rings. The highest BCUT2D eigenvalue weighted by Gasteiger charge is 2.57. The van der Waals surface area contributed by atoms with Gasteiger partial charge in [-0.25, -0.2) is 4.79 Å². The van der Waals surface area contributed by atoms with Gasteiger partial charge in [-0.1, -0.05) is 56.5 Å². The van der Waals surface area contributed by atoms with Crippen LogP contribution in [0.3, 0.4) is 0 Å². The molecule has 4 fully saturated rings. The molecule has 4 aliphatic rings. The smallest absolute Gasteiger partial charge is 0.328 e. The third-order valence-electron chi connectivity index (χ3n) is 7.69. The Morgan fingerprint density at radius 1 is 1.06 bits per heavy atom. The molecule has 1 N–H and O–H groups in total. The fourth-order valence-corrected chi connectivity index (χ4v) is 6.03. The van der Waals surface area contributed by atoms with E-state index in [0.717, 1.165) is 23.6 Å². The molecule has 0 bridgehead atoms. The van der Waals surface area contributed by atoms with Crippen LogP contribution in [0, 0.1) is 5.92 Å². The standard InChI is InChI=1S/C25H35N5O4/c1-17-13-28(19-11-7-4-8-12-19)24-26-22-21(29(24)14-17)23(32)30(25(33)27(22)2)15-20(31)34-16-18-9-5-3-6-10-18/h3,5-6,9-10,17,19,21-22,24,26H,4,7-8,11-16H2,1-2H3. The SMILES string of the molecule is CC1CN(C2CCCCC2)C2NC3C(C(=O)N(CC(=O)OCc4ccccc4)C(=O)N3C)N2C1. The molecule has 3 amide bonds. The van der Waals surface area contributed by atoms with E-state index in [0.29, 0.717) is 12.0 Å². The number of amides is 3. The van der Waals surface area contributed by atoms with Crippen molar-refractivity contribution in [3.05, 3.63) is 35.9 Å². The molecule has 1 aromatic carbocycles. The van der Waals surface area contributed by atoms with E-state index in [9.17, 15) is 14.4 Å². The van der Waals surface area contributed by atoms with E-state index in [2.05, 4.69) is 22.0 Å². The van der Waals surface area contributed by atoms with Crippen LogP contribution in [0.25, 0.3) is 0 Å². The van der Waals surface area contributed by atoms with Crippen molar-refractivity contribution in [1.29, 1.82) is 0 Å². The third kappa shape index (κ3) is 4.32. The van der Waals surface area contributed by atoms with Gasteiger partial charge in [0, 0.05) is 26.2 Å². The lowest BCUT2D eigenvalue weighted by Gasteiger charge is -2.48. The molecule has 9 nitrogen and oxygen atoms in total. The minimum atomic E-state index is -0.587. The second kappa shape index (κ2) is 9.64. The third-order valence-corrected chi connectivity index (χ3v) is 7.69. The van der Waals surface area contributed by atoms with E-state index >= 15 is 0 Å². The minimum Gasteiger partial charge on any atom is -0.459 e. The van der Waals surface area contributed by atoms with Crippen molar-refractivity contribution in [2.75, 3.05) is 26.7 Å². The number of hydrogen-bond donors (Lipinski definition) is 1. The van der Waals surface area contributed by atoms with Crippen LogP contribution in [0.5, 0.6) is 0 Å². The zero-order valence-electron chi connectivity index (χ0n) is 20.1. The van der Waals surface area contributed by atoms with Crippen LogP contribution in [-0.4, -0.2) is 88.7 Å². The van der Waals surface area contributed by atoms with Crippen molar-refractivity contribution in [3.63, 3.8) is 0 Å². The number of benzene rings is 1. The molecule has 1 aliphatic carbocycles. The van der Waals surface area contributed by atoms with Crippen LogP contribution in [0.1, 0.15) is 44.6 Å². The van der Waals surface area contributed by atoms with Gasteiger partial charge in [0.05, 0.1) is 0 Å². The highest BCUT2D eigenvalue weighted by Crippen LogP contribution is 2.35. The quantitative estimate of drug-likeness (QED) is 0.658. The number of fused-ring (bicyclic) bond motifs is 3. The number of rotatable bonds is 5. The van der Waals surface area contributed by atoms with Gasteiger partial charge in [-0.2, -0.15) is 0 Å². The van der Waals surface area contributed by atoms with E-state index in [-0.39, 0.29) is 25.3 Å². The molecule has 3 heterocycles. The maximum absolute atomic E-state index is 13.6. The number of ether oxygens (including phenoxy) is 1. The van der Waals surface area contributed by atoms with E-state index in [1.807, 2.05) is 30.3 Å². The Morgan fingerprint density at radius 3 is 2.50 bits per heavy atom. The average Bonchev–Trinajstić information content (AvgIpc) is 3.24. The van der Waals surface area contributed by atoms with E-state index < -0.39 is 24.2 Å². The number of carbonyl (C=O) groups is 3. The summed E-state index contributed by atoms with van der Waals surface area (Å²) in [6.07, 6.45) is 5.65. The van der Waals surface area contributed by atoms with Gasteiger partial charge in [-0.05, 0) is 24.3 Å². The molecule has 4 unspecified atom stereocenters. The summed E-state index contributed by atoms with van der Waals surface area (Å²) in [4.78, 5) is 46.6. The highest BCUT2D eigenvalue weighted by molar-refractivity contribution is 6.02. The van der Waals surface area contributed by atoms with Gasteiger partial charge in [0.15, 0.2) is 0 Å². The zero-order valence-corrected chi connectivity index (χ0v) is 20.1. The van der Waals surface area contributed by atoms with Gasteiger partial charge in [-0.3, -0.25) is 29.6 Å². The Hall–Kier alpha value is -2.49. The normalized spacial score (nSPS) is 30.9. The summed E-state index contributed by atoms with van der Waals surface area (Å²) in [5.41, 5.74) is 0.859. The van der Waals surface area contributed by atoms with Gasteiger partial charge >= 0.3 is 12.0 Å². The molecule has 34 heavy (non-hydrogen) atoms. The minimum absolute atomic E-state index is 0.0708. The number of hydrogen-bond acceptors (Lipinski definition) is 7. The van der Waals surface area contributed by atoms with Crippen LogP contribution < -0.4 is 5.32 Å². The Labute approximate surface area is 201 Å². The Balaban J connectivity index is 1.30. The molecule has 4 atom stereocenters. The van der Waals surface area contributed by atoms with E-state index in [4.69, 9.17) is 4.74 Å². The number of likely N-dealkylation sites (N-methyl/N-ethyl adjacent to an activating group) is 1. The lowest BCUT2D eigenvalue weighted by Crippen LogP contribution is -2.67. The molecule has 0 aromatic heterocycles. The molecule has 3 saturated heterocycles. The van der Waals surface area contributed by atoms with Crippen LogP contribution in [-0.2, 0) is 20.9 Å². The Morgan fingerprint density at radius 2 is 1.76 bits per heavy atom. The van der Waals surface area contributed by atoms with Crippen molar-refractivity contribution in [2.45, 2.75) is 70.2 Å². The maximum atomic E-state index is 13.6. The largest absolute Gasteiger partial charge is 0.459 e. The summed E-state index contributed by atoms with van der Waals surface area (Å²) in [5, 5.41) is 3.59. The molecule has 3 aliphatic heterocycles. The van der Waals surface area contributed by atoms with E-state index in [1.54, 1.807) is 11.9 Å². The van der Waals surface area contributed by atoms with Crippen molar-refractivity contribution >= 4 is 17.9 Å². The van der Waals surface area contributed by atoms with Gasteiger partial charge in [0.25, 0.3) is 5.91 Å². The Bertz CT molecular complexity index is 921. The summed E-state index contributed by atoms with van der Waals surface area (Å²) in [5.74, 6) is -0.494. The number of urea groups is 1. The first-order valence-electron chi connectivity index (χ1n) is 12.5. The predicted octanol–water partition coefficient (Wildman–Crippen LogP) is 1.79. The number of imide groups is 1. The fourth-order valence-electron chi connectivity index (χ4n) is 6.03. The van der Waals surface area contributed by atoms with Gasteiger partial charge < -0.3 is 9.64 Å². The molecular weight excluding hydrogens is 434 g/mol. The topological polar surface area (TPSA) is 85.4 Å². The summed E-state index contributed by atoms with van der Waals surface area (Å²) in [7, 11) is 1.70. The van der Waals surface area contributed by atoms with Crippen molar-refractivity contribution in [1.82, 2.24) is 24.9 Å². The molecule has 5 rings (SSSR count). The van der Waals surface area contributed by atoms with Crippen molar-refractivity contribution in [3.8, 4) is 0 Å². The highest BCUT2D eigenvalue weighted by atomic mass is 16.5. The fraction of sp³-hybridized carbons (Fsp3) is 0.640. The van der Waals surface area contributed by atoms with Crippen molar-refractivity contribution < 1.29 is 19.1 Å². The van der Waals surface area contributed by atoms with E-state index in [1.165, 1.54) is 32.1 Å². The molecule has 184 valence electrons. The van der Waals surface area contributed by atoms with Crippen LogP contribution in [0.15, 0.2) is 30.3 Å². The average molecular weight is 470 g/mol. The molecular formula is C25H35N5O4. The Kier molecular flexibility index (Phi) is 6.59. The van der Waals surface area contributed by atoms with Crippen LogP contribution in [0.4, 0.5) is 4.79 Å². The predicted molar refractivity (Wildman–Crippen MR) is 125 cm³/mol. The summed E-state index contributed by atoms with van der Waals surface area (Å²) in [6, 6.07) is 8.88. The lowest BCUT2D eigenvalue weighted by molar-refractivity contribution is -0.153. The van der Waals surface area contributed by atoms with Gasteiger partial charge in [0.2, 0.25) is 0 Å². The summed E-state index contributed by atoms with van der Waals surface area (Å²) >= 11 is 0. The van der Waals surface area contributed by atoms with Gasteiger partial charge in [-0.15, -0.1) is 0 Å². The second-order valence-electron chi connectivity index (χ2n) is 10.2. The second-order valence-corrected chi connectivity index (χ2v) is 10.2. The van der Waals surface area contributed by atoms with Crippen LogP contribution >= 0.6 is 0 Å². The molecule has 9 heteroatoms. The zero-order chi connectivity index (χ0) is 23.8. The molecule has 0 spiro atoms. The summed E-state index contributed by atoms with van der Waals surface area (Å²) in [6.45, 7) is 3.72. The van der Waals surface area contributed by atoms with Crippen LogP contribution in [0.2, 0.25) is 0 Å². The van der Waals surface area contributed by atoms with Crippen molar-refractivity contribution in [2.24, 2.45) is 5.92 Å². The maximum Gasteiger partial charge on any atom is 0.328 e. The number of nitrogens with zero attached hydrogens (tertiary/aromatic N) is 4. The first kappa shape index (κ1) is 23.3. The lowest BCUT2D eigenvalue weighted by atomic mass is 9.92. The monoisotopic (exact) mass is 469 g/mol. The summed E-state index contributed by atoms with van der Waals surface area (Å²) < 4.78 is 5.35. The first-order chi connectivity index (χ1) is 16.4. The molecule has 0 radical (unpaired) electrons. The first-order valence-corrected chi connectivity index (χ1v) is 12.5. The number of carbonyl (C=O) groups excluding carboxylic acids is 3. The number of nitrogens with one attached hydrogen (secondary N) is 1. The van der Waals surface area contributed by atoms with Gasteiger partial charge in [0.1, 0.15) is 31.6 Å².